The molecule has 3 rings (SSSR count). The van der Waals surface area contributed by atoms with E-state index in [1.807, 2.05) is 12.1 Å². The molecule has 0 amide bonds. The molecule has 0 bridgehead atoms. The largest absolute Gasteiger partial charge is 0.487 e. The highest BCUT2D eigenvalue weighted by molar-refractivity contribution is 9.11. The molecular weight excluding hydrogens is 322 g/mol. The summed E-state index contributed by atoms with van der Waals surface area (Å²) in [5, 5.41) is 0. The van der Waals surface area contributed by atoms with Crippen LogP contribution in [0.3, 0.4) is 0 Å². The van der Waals surface area contributed by atoms with Crippen molar-refractivity contribution in [3.8, 4) is 5.75 Å². The Hall–Kier alpha value is -0.840. The number of ether oxygens (including phenoxy) is 1. The Bertz CT molecular complexity index is 620. The molecule has 19 heavy (non-hydrogen) atoms. The minimum atomic E-state index is -0.100. The van der Waals surface area contributed by atoms with E-state index in [-0.39, 0.29) is 11.6 Å². The van der Waals surface area contributed by atoms with Crippen molar-refractivity contribution in [1.29, 1.82) is 0 Å². The molecule has 100 valence electrons. The zero-order chi connectivity index (χ0) is 13.6. The van der Waals surface area contributed by atoms with E-state index in [0.29, 0.717) is 0 Å². The molecule has 1 aliphatic heterocycles. The van der Waals surface area contributed by atoms with Gasteiger partial charge in [-0.1, -0.05) is 12.1 Å². The smallest absolute Gasteiger partial charge is 0.123 e. The fourth-order valence-corrected chi connectivity index (χ4v) is 3.94. The van der Waals surface area contributed by atoms with Crippen LogP contribution in [0.15, 0.2) is 34.1 Å². The molecule has 2 aromatic rings. The van der Waals surface area contributed by atoms with Crippen molar-refractivity contribution in [3.63, 3.8) is 0 Å². The Kier molecular flexibility index (Phi) is 3.20. The molecule has 4 heteroatoms. The molecule has 0 saturated heterocycles. The van der Waals surface area contributed by atoms with Crippen LogP contribution in [0.25, 0.3) is 0 Å². The van der Waals surface area contributed by atoms with Gasteiger partial charge in [0.1, 0.15) is 11.4 Å². The van der Waals surface area contributed by atoms with Crippen LogP contribution in [-0.4, -0.2) is 5.60 Å². The van der Waals surface area contributed by atoms with Gasteiger partial charge in [0.25, 0.3) is 0 Å². The Morgan fingerprint density at radius 1 is 1.32 bits per heavy atom. The van der Waals surface area contributed by atoms with Gasteiger partial charge in [0.05, 0.1) is 9.83 Å². The average molecular weight is 338 g/mol. The van der Waals surface area contributed by atoms with Crippen LogP contribution in [0.2, 0.25) is 0 Å². The molecule has 1 unspecified atom stereocenters. The zero-order valence-corrected chi connectivity index (χ0v) is 13.3. The van der Waals surface area contributed by atoms with E-state index in [9.17, 15) is 0 Å². The number of thiophene rings is 1. The van der Waals surface area contributed by atoms with Crippen LogP contribution in [0.4, 0.5) is 0 Å². The van der Waals surface area contributed by atoms with Gasteiger partial charge in [0, 0.05) is 11.3 Å². The monoisotopic (exact) mass is 337 g/mol. The third kappa shape index (κ3) is 2.57. The highest BCUT2D eigenvalue weighted by Gasteiger charge is 2.30. The second-order valence-corrected chi connectivity index (χ2v) is 8.02. The lowest BCUT2D eigenvalue weighted by Gasteiger charge is -2.16. The van der Waals surface area contributed by atoms with Crippen molar-refractivity contribution in [2.24, 2.45) is 5.73 Å². The summed E-state index contributed by atoms with van der Waals surface area (Å²) in [7, 11) is 0. The lowest BCUT2D eigenvalue weighted by Crippen LogP contribution is -2.24. The normalized spacial score (nSPS) is 17.9. The van der Waals surface area contributed by atoms with E-state index in [4.69, 9.17) is 10.5 Å². The molecule has 1 aromatic heterocycles. The first-order valence-electron chi connectivity index (χ1n) is 6.27. The van der Waals surface area contributed by atoms with E-state index in [2.05, 4.69) is 48.0 Å². The van der Waals surface area contributed by atoms with Crippen LogP contribution in [0, 0.1) is 0 Å². The Labute approximate surface area is 125 Å². The number of hydrogen-bond donors (Lipinski definition) is 1. The zero-order valence-electron chi connectivity index (χ0n) is 10.9. The third-order valence-corrected chi connectivity index (χ3v) is 5.05. The summed E-state index contributed by atoms with van der Waals surface area (Å²) < 4.78 is 7.01. The molecule has 0 saturated carbocycles. The van der Waals surface area contributed by atoms with Gasteiger partial charge in [-0.3, -0.25) is 0 Å². The Morgan fingerprint density at radius 2 is 2.11 bits per heavy atom. The number of fused-ring (bicyclic) bond motifs is 1. The van der Waals surface area contributed by atoms with Crippen molar-refractivity contribution >= 4 is 27.3 Å². The molecule has 0 fully saturated rings. The maximum atomic E-state index is 6.34. The Balaban J connectivity index is 1.92. The van der Waals surface area contributed by atoms with Gasteiger partial charge in [0.15, 0.2) is 0 Å². The summed E-state index contributed by atoms with van der Waals surface area (Å²) in [6, 6.07) is 10.3. The van der Waals surface area contributed by atoms with Gasteiger partial charge in [-0.15, -0.1) is 11.3 Å². The SMILES string of the molecule is CC1(C)Cc2cc(C(N)c3ccc(Br)s3)ccc2O1. The van der Waals surface area contributed by atoms with Crippen molar-refractivity contribution in [2.75, 3.05) is 0 Å². The van der Waals surface area contributed by atoms with E-state index in [1.165, 1.54) is 10.4 Å². The summed E-state index contributed by atoms with van der Waals surface area (Å²) in [6.45, 7) is 4.23. The second kappa shape index (κ2) is 4.62. The lowest BCUT2D eigenvalue weighted by molar-refractivity contribution is 0.138. The van der Waals surface area contributed by atoms with Gasteiger partial charge in [-0.25, -0.2) is 0 Å². The molecule has 0 aliphatic carbocycles. The molecule has 1 aromatic carbocycles. The molecule has 0 radical (unpaired) electrons. The highest BCUT2D eigenvalue weighted by Crippen LogP contribution is 2.37. The fraction of sp³-hybridized carbons (Fsp3) is 0.333. The number of benzene rings is 1. The minimum absolute atomic E-state index is 0.0645. The topological polar surface area (TPSA) is 35.2 Å². The molecular formula is C15H16BrNOS. The summed E-state index contributed by atoms with van der Waals surface area (Å²) in [5.41, 5.74) is 8.65. The number of rotatable bonds is 2. The van der Waals surface area contributed by atoms with Crippen molar-refractivity contribution in [1.82, 2.24) is 0 Å². The van der Waals surface area contributed by atoms with Crippen molar-refractivity contribution in [3.05, 3.63) is 50.1 Å². The third-order valence-electron chi connectivity index (χ3n) is 3.35. The van der Waals surface area contributed by atoms with Crippen molar-refractivity contribution in [2.45, 2.75) is 31.9 Å². The quantitative estimate of drug-likeness (QED) is 0.887. The molecule has 2 heterocycles. The van der Waals surface area contributed by atoms with Crippen molar-refractivity contribution < 1.29 is 4.74 Å². The van der Waals surface area contributed by atoms with Crippen LogP contribution in [0.5, 0.6) is 5.75 Å². The summed E-state index contributed by atoms with van der Waals surface area (Å²) in [4.78, 5) is 1.17. The van der Waals surface area contributed by atoms with E-state index < -0.39 is 0 Å². The van der Waals surface area contributed by atoms with Gasteiger partial charge >= 0.3 is 0 Å². The van der Waals surface area contributed by atoms with Gasteiger partial charge in [-0.05, 0) is 59.1 Å². The van der Waals surface area contributed by atoms with Crippen LogP contribution in [-0.2, 0) is 6.42 Å². The molecule has 0 spiro atoms. The standard InChI is InChI=1S/C15H16BrNOS/c1-15(2)8-10-7-9(3-4-11(10)18-15)14(17)12-5-6-13(16)19-12/h3-7,14H,8,17H2,1-2H3. The number of hydrogen-bond acceptors (Lipinski definition) is 3. The lowest BCUT2D eigenvalue weighted by atomic mass is 9.98. The van der Waals surface area contributed by atoms with E-state index in [1.54, 1.807) is 11.3 Å². The minimum Gasteiger partial charge on any atom is -0.487 e. The summed E-state index contributed by atoms with van der Waals surface area (Å²) in [5.74, 6) is 0.994. The number of nitrogens with two attached hydrogens (primary N) is 1. The molecule has 1 aliphatic rings. The first kappa shape index (κ1) is 13.2. The predicted molar refractivity (Wildman–Crippen MR) is 82.9 cm³/mol. The maximum Gasteiger partial charge on any atom is 0.123 e. The Morgan fingerprint density at radius 3 is 2.79 bits per heavy atom. The van der Waals surface area contributed by atoms with Gasteiger partial charge in [-0.2, -0.15) is 0 Å². The van der Waals surface area contributed by atoms with Crippen LogP contribution in [0.1, 0.15) is 35.9 Å². The molecule has 2 nitrogen and oxygen atoms in total. The average Bonchev–Trinajstić information content (AvgIpc) is 2.88. The second-order valence-electron chi connectivity index (χ2n) is 5.53. The summed E-state index contributed by atoms with van der Waals surface area (Å²) >= 11 is 5.16. The first-order valence-corrected chi connectivity index (χ1v) is 7.88. The van der Waals surface area contributed by atoms with E-state index >= 15 is 0 Å². The molecule has 2 N–H and O–H groups in total. The fourth-order valence-electron chi connectivity index (χ4n) is 2.48. The highest BCUT2D eigenvalue weighted by atomic mass is 79.9. The first-order chi connectivity index (χ1) is 8.94. The maximum absolute atomic E-state index is 6.34. The van der Waals surface area contributed by atoms with E-state index in [0.717, 1.165) is 21.5 Å². The van der Waals surface area contributed by atoms with Crippen LogP contribution < -0.4 is 10.5 Å². The number of halogens is 1. The van der Waals surface area contributed by atoms with Gasteiger partial charge < -0.3 is 10.5 Å². The van der Waals surface area contributed by atoms with Crippen LogP contribution >= 0.6 is 27.3 Å². The van der Waals surface area contributed by atoms with Gasteiger partial charge in [0.2, 0.25) is 0 Å². The molecule has 1 atom stereocenters. The summed E-state index contributed by atoms with van der Waals surface area (Å²) in [6.07, 6.45) is 0.941. The predicted octanol–water partition coefficient (Wildman–Crippen LogP) is 4.27.